The molecular weight excluding hydrogens is 762 g/mol. The minimum Gasteiger partial charge on any atom is -0.513 e. The molecule has 0 unspecified atom stereocenters. The summed E-state index contributed by atoms with van der Waals surface area (Å²) in [6.45, 7) is 24.0. The average molecular weight is 808 g/mol. The third kappa shape index (κ3) is 6.06. The van der Waals surface area contributed by atoms with Crippen molar-refractivity contribution in [3.05, 3.63) is 102 Å². The van der Waals surface area contributed by atoms with Crippen molar-refractivity contribution in [3.8, 4) is 22.7 Å². The van der Waals surface area contributed by atoms with Crippen molar-refractivity contribution in [2.24, 2.45) is 0 Å². The molecule has 0 saturated heterocycles. The van der Waals surface area contributed by atoms with Crippen LogP contribution >= 0.6 is 0 Å². The Balaban J connectivity index is 0.00000433. The van der Waals surface area contributed by atoms with Crippen molar-refractivity contribution in [1.82, 2.24) is 19.1 Å². The van der Waals surface area contributed by atoms with E-state index >= 15 is 0 Å². The first kappa shape index (κ1) is 34.6. The zero-order chi connectivity index (χ0) is 33.4. The number of hydrogen-bond donors (Lipinski definition) is 1. The molecule has 0 radical (unpaired) electrons. The van der Waals surface area contributed by atoms with Crippen LogP contribution in [0.25, 0.3) is 39.0 Å². The molecule has 4 heterocycles. The van der Waals surface area contributed by atoms with Gasteiger partial charge in [0.25, 0.3) is 0 Å². The van der Waals surface area contributed by atoms with Gasteiger partial charge in [-0.05, 0) is 69.6 Å². The van der Waals surface area contributed by atoms with Crippen LogP contribution in [0.3, 0.4) is 0 Å². The minimum absolute atomic E-state index is 0. The maximum absolute atomic E-state index is 11.8. The van der Waals surface area contributed by atoms with E-state index in [1.54, 1.807) is 0 Å². The fourth-order valence-electron chi connectivity index (χ4n) is 6.18. The zero-order valence-electron chi connectivity index (χ0n) is 29.4. The third-order valence-corrected chi connectivity index (χ3v) is 9.03. The SMILES string of the molecule is CC(C)(C)c1ccnc(-c2[c-]n(C(C)(C)[n+]3[c-]n(-c4cc(C(C)(C)C)cc(C(C)(C)C)c4O)c4ccccc43)c3cccnc23)c1.[Pt+2]. The predicted octanol–water partition coefficient (Wildman–Crippen LogP) is 8.77. The van der Waals surface area contributed by atoms with Crippen LogP contribution in [0.1, 0.15) is 92.9 Å². The van der Waals surface area contributed by atoms with Gasteiger partial charge in [0.2, 0.25) is 6.33 Å². The van der Waals surface area contributed by atoms with Gasteiger partial charge in [-0.2, -0.15) is 0 Å². The van der Waals surface area contributed by atoms with E-state index in [1.807, 2.05) is 35.2 Å². The second-order valence-electron chi connectivity index (χ2n) is 16.0. The quantitative estimate of drug-likeness (QED) is 0.143. The van der Waals surface area contributed by atoms with Crippen molar-refractivity contribution in [2.45, 2.75) is 98.1 Å². The molecule has 0 bridgehead atoms. The molecule has 6 aromatic rings. The van der Waals surface area contributed by atoms with Crippen LogP contribution in [0.15, 0.2) is 73.1 Å². The van der Waals surface area contributed by atoms with E-state index in [1.165, 1.54) is 5.56 Å². The predicted molar refractivity (Wildman–Crippen MR) is 187 cm³/mol. The average Bonchev–Trinajstić information content (AvgIpc) is 3.56. The van der Waals surface area contributed by atoms with Crippen molar-refractivity contribution in [1.29, 1.82) is 0 Å². The van der Waals surface area contributed by atoms with Gasteiger partial charge in [-0.15, -0.1) is 0 Å². The van der Waals surface area contributed by atoms with E-state index in [0.717, 1.165) is 50.1 Å². The molecule has 2 aromatic carbocycles. The van der Waals surface area contributed by atoms with E-state index in [2.05, 4.69) is 140 Å². The zero-order valence-corrected chi connectivity index (χ0v) is 31.7. The van der Waals surface area contributed by atoms with Gasteiger partial charge in [0.05, 0.1) is 16.7 Å². The summed E-state index contributed by atoms with van der Waals surface area (Å²) in [7, 11) is 0. The normalized spacial score (nSPS) is 12.9. The summed E-state index contributed by atoms with van der Waals surface area (Å²) in [5.41, 5.74) is 8.41. The Morgan fingerprint density at radius 2 is 1.36 bits per heavy atom. The van der Waals surface area contributed by atoms with Gasteiger partial charge in [-0.1, -0.05) is 129 Å². The molecule has 6 rings (SSSR count). The minimum atomic E-state index is -0.670. The molecule has 246 valence electrons. The van der Waals surface area contributed by atoms with Crippen LogP contribution in [-0.2, 0) is 43.0 Å². The molecule has 4 aromatic heterocycles. The molecule has 0 spiro atoms. The number of nitrogens with zero attached hydrogens (tertiary/aromatic N) is 5. The molecule has 0 aliphatic carbocycles. The molecule has 0 atom stereocenters. The number of phenols is 1. The molecular formula is C40H46N5OPt+. The largest absolute Gasteiger partial charge is 2.00 e. The van der Waals surface area contributed by atoms with Gasteiger partial charge >= 0.3 is 21.1 Å². The fraction of sp³-hybridized carbons (Fsp3) is 0.375. The molecule has 0 aliphatic heterocycles. The molecule has 0 saturated carbocycles. The van der Waals surface area contributed by atoms with Crippen molar-refractivity contribution in [2.75, 3.05) is 0 Å². The van der Waals surface area contributed by atoms with Crippen molar-refractivity contribution < 1.29 is 30.7 Å². The van der Waals surface area contributed by atoms with E-state index in [-0.39, 0.29) is 43.1 Å². The Morgan fingerprint density at radius 3 is 2.02 bits per heavy atom. The Morgan fingerprint density at radius 1 is 0.702 bits per heavy atom. The monoisotopic (exact) mass is 807 g/mol. The van der Waals surface area contributed by atoms with Crippen LogP contribution in [0, 0.1) is 12.5 Å². The summed E-state index contributed by atoms with van der Waals surface area (Å²) in [6, 6.07) is 20.8. The number of benzene rings is 2. The standard InChI is InChI=1S/C40H46N5O.Pt/c1-37(2,3)26-18-20-41-30(22-26)28-24-44(33-17-14-19-42-35(28)33)40(10,11)45-25-43(31-15-12-13-16-32(31)45)34-23-27(38(4,5)6)21-29(36(34)46)39(7,8)9;/h12-23,46H,1-11H3;/q-1;+2. The topological polar surface area (TPSA) is 59.8 Å². The van der Waals surface area contributed by atoms with Crippen LogP contribution in [0.5, 0.6) is 5.75 Å². The van der Waals surface area contributed by atoms with Gasteiger partial charge in [0.15, 0.2) is 0 Å². The van der Waals surface area contributed by atoms with E-state index in [0.29, 0.717) is 0 Å². The molecule has 0 fully saturated rings. The van der Waals surface area contributed by atoms with E-state index in [4.69, 9.17) is 9.97 Å². The van der Waals surface area contributed by atoms with Crippen LogP contribution in [-0.4, -0.2) is 24.2 Å². The Kier molecular flexibility index (Phi) is 8.63. The Labute approximate surface area is 293 Å². The first-order chi connectivity index (χ1) is 21.4. The van der Waals surface area contributed by atoms with Crippen molar-refractivity contribution in [3.63, 3.8) is 0 Å². The smallest absolute Gasteiger partial charge is 0.513 e. The van der Waals surface area contributed by atoms with E-state index in [9.17, 15) is 5.11 Å². The summed E-state index contributed by atoms with van der Waals surface area (Å²) in [5.74, 6) is 0.275. The summed E-state index contributed by atoms with van der Waals surface area (Å²) < 4.78 is 6.31. The van der Waals surface area contributed by atoms with Gasteiger partial charge in [-0.3, -0.25) is 4.57 Å². The number of fused-ring (bicyclic) bond motifs is 2. The first-order valence-electron chi connectivity index (χ1n) is 16.1. The van der Waals surface area contributed by atoms with E-state index < -0.39 is 5.66 Å². The number of pyridine rings is 2. The number of aromatic hydroxyl groups is 1. The molecule has 1 N–H and O–H groups in total. The van der Waals surface area contributed by atoms with Gasteiger partial charge in [0.1, 0.15) is 11.4 Å². The maximum Gasteiger partial charge on any atom is 2.00 e. The third-order valence-electron chi connectivity index (χ3n) is 9.03. The second kappa shape index (κ2) is 11.7. The van der Waals surface area contributed by atoms with Crippen molar-refractivity contribution >= 4 is 22.1 Å². The summed E-state index contributed by atoms with van der Waals surface area (Å²) in [4.78, 5) is 9.59. The Bertz CT molecular complexity index is 2100. The molecule has 47 heavy (non-hydrogen) atoms. The summed E-state index contributed by atoms with van der Waals surface area (Å²) in [6.07, 6.45) is 11.1. The number of rotatable bonds is 4. The number of imidazole rings is 1. The molecule has 7 heteroatoms. The van der Waals surface area contributed by atoms with Gasteiger partial charge < -0.3 is 24.2 Å². The number of aromatic nitrogens is 5. The Hall–Kier alpha value is -3.76. The summed E-state index contributed by atoms with van der Waals surface area (Å²) >= 11 is 0. The van der Waals surface area contributed by atoms with Gasteiger partial charge in [0, 0.05) is 12.4 Å². The number of hydrogen-bond acceptors (Lipinski definition) is 3. The summed E-state index contributed by atoms with van der Waals surface area (Å²) in [5, 5.41) is 11.8. The van der Waals surface area contributed by atoms with Crippen LogP contribution in [0.4, 0.5) is 0 Å². The number of para-hydroxylation sites is 2. The maximum atomic E-state index is 11.8. The molecule has 0 amide bonds. The van der Waals surface area contributed by atoms with Crippen LogP contribution in [0.2, 0.25) is 0 Å². The first-order valence-corrected chi connectivity index (χ1v) is 16.1. The molecule has 0 aliphatic rings. The second-order valence-corrected chi connectivity index (χ2v) is 16.0. The fourth-order valence-corrected chi connectivity index (χ4v) is 6.18. The van der Waals surface area contributed by atoms with Gasteiger partial charge in [-0.25, -0.2) is 0 Å². The number of phenolic OH excluding ortho intramolecular Hbond substituents is 1. The van der Waals surface area contributed by atoms with Crippen LogP contribution < -0.4 is 4.57 Å². The molecule has 6 nitrogen and oxygen atoms in total.